The van der Waals surface area contributed by atoms with Crippen molar-refractivity contribution >= 4 is 75.1 Å². The maximum Gasteiger partial charge on any atom is 0.160 e. The van der Waals surface area contributed by atoms with Crippen molar-refractivity contribution < 1.29 is 4.42 Å². The minimum atomic E-state index is 0.691. The number of nitrogens with zero attached hydrogens (tertiary/aromatic N) is 2. The highest BCUT2D eigenvalue weighted by Crippen LogP contribution is 2.42. The quantitative estimate of drug-likeness (QED) is 0.224. The van der Waals surface area contributed by atoms with Crippen LogP contribution in [0.5, 0.6) is 0 Å². The van der Waals surface area contributed by atoms with E-state index in [-0.39, 0.29) is 0 Å². The molecule has 9 rings (SSSR count). The summed E-state index contributed by atoms with van der Waals surface area (Å²) in [6, 6.07) is 42.4. The third-order valence-electron chi connectivity index (χ3n) is 7.90. The normalized spacial score (nSPS) is 12.0. The summed E-state index contributed by atoms with van der Waals surface area (Å²) in [5.41, 5.74) is 5.64. The number of rotatable bonds is 2. The standard InChI is InChI=1S/C36H20N2OS/c1-4-13-30-29(10-1)34(38-36(37-30)21-16-17-24-23-8-2-5-14-31(23)39-32(24)20-21)26-11-7-12-27-22(26)18-19-28-25-9-3-6-15-33(25)40-35(27)28/h1-20H. The van der Waals surface area contributed by atoms with Gasteiger partial charge in [0.05, 0.1) is 11.2 Å². The molecule has 0 aliphatic carbocycles. The Morgan fingerprint density at radius 1 is 0.500 bits per heavy atom. The molecule has 3 heterocycles. The molecular formula is C36H20N2OS. The van der Waals surface area contributed by atoms with Gasteiger partial charge in [0.2, 0.25) is 0 Å². The molecule has 9 aromatic rings. The van der Waals surface area contributed by atoms with Crippen LogP contribution >= 0.6 is 11.3 Å². The van der Waals surface area contributed by atoms with Crippen molar-refractivity contribution in [3.05, 3.63) is 121 Å². The maximum atomic E-state index is 6.19. The van der Waals surface area contributed by atoms with Crippen LogP contribution in [0.3, 0.4) is 0 Å². The SMILES string of the molecule is c1ccc2c(-c3cccc4c3ccc3c5ccccc5sc43)nc(-c3ccc4c(c3)oc3ccccc34)nc2c1. The van der Waals surface area contributed by atoms with Gasteiger partial charge in [0.1, 0.15) is 11.2 Å². The summed E-state index contributed by atoms with van der Waals surface area (Å²) in [4.78, 5) is 10.2. The molecule has 4 heteroatoms. The van der Waals surface area contributed by atoms with Crippen molar-refractivity contribution in [3.63, 3.8) is 0 Å². The van der Waals surface area contributed by atoms with E-state index >= 15 is 0 Å². The minimum absolute atomic E-state index is 0.691. The van der Waals surface area contributed by atoms with E-state index in [0.717, 1.165) is 49.7 Å². The van der Waals surface area contributed by atoms with Gasteiger partial charge in [0.15, 0.2) is 5.82 Å². The molecule has 3 nitrogen and oxygen atoms in total. The van der Waals surface area contributed by atoms with Crippen molar-refractivity contribution in [2.24, 2.45) is 0 Å². The van der Waals surface area contributed by atoms with Crippen LogP contribution in [0.1, 0.15) is 0 Å². The summed E-state index contributed by atoms with van der Waals surface area (Å²) in [5, 5.41) is 8.32. The van der Waals surface area contributed by atoms with Crippen LogP contribution in [0.15, 0.2) is 126 Å². The van der Waals surface area contributed by atoms with Crippen molar-refractivity contribution in [1.82, 2.24) is 9.97 Å². The van der Waals surface area contributed by atoms with Crippen molar-refractivity contribution in [3.8, 4) is 22.6 Å². The Kier molecular flexibility index (Phi) is 4.48. The summed E-state index contributed by atoms with van der Waals surface area (Å²) in [6.45, 7) is 0. The average Bonchev–Trinajstić information content (AvgIpc) is 3.58. The molecule has 0 unspecified atom stereocenters. The Morgan fingerprint density at radius 3 is 2.15 bits per heavy atom. The van der Waals surface area contributed by atoms with Crippen molar-refractivity contribution in [2.75, 3.05) is 0 Å². The molecule has 3 aromatic heterocycles. The lowest BCUT2D eigenvalue weighted by atomic mass is 9.97. The zero-order chi connectivity index (χ0) is 26.2. The molecule has 0 atom stereocenters. The first-order chi connectivity index (χ1) is 19.8. The van der Waals surface area contributed by atoms with Crippen LogP contribution < -0.4 is 0 Å². The largest absolute Gasteiger partial charge is 0.456 e. The topological polar surface area (TPSA) is 38.9 Å². The lowest BCUT2D eigenvalue weighted by Gasteiger charge is -2.12. The molecule has 0 amide bonds. The lowest BCUT2D eigenvalue weighted by molar-refractivity contribution is 0.669. The Bertz CT molecular complexity index is 2450. The molecular weight excluding hydrogens is 508 g/mol. The second-order valence-corrected chi connectivity index (χ2v) is 11.2. The van der Waals surface area contributed by atoms with Crippen LogP contribution in [0.4, 0.5) is 0 Å². The molecule has 0 bridgehead atoms. The predicted octanol–water partition coefficient (Wildman–Crippen LogP) is 10.4. The summed E-state index contributed by atoms with van der Waals surface area (Å²) >= 11 is 1.86. The molecule has 0 radical (unpaired) electrons. The Morgan fingerprint density at radius 2 is 1.20 bits per heavy atom. The smallest absolute Gasteiger partial charge is 0.160 e. The maximum absolute atomic E-state index is 6.19. The molecule has 0 fully saturated rings. The van der Waals surface area contributed by atoms with Crippen molar-refractivity contribution in [1.29, 1.82) is 0 Å². The summed E-state index contributed by atoms with van der Waals surface area (Å²) in [5.74, 6) is 0.691. The van der Waals surface area contributed by atoms with E-state index in [0.29, 0.717) is 5.82 Å². The average molecular weight is 529 g/mol. The van der Waals surface area contributed by atoms with Gasteiger partial charge < -0.3 is 4.42 Å². The molecule has 0 spiro atoms. The van der Waals surface area contributed by atoms with E-state index in [2.05, 4.69) is 97.1 Å². The number of hydrogen-bond donors (Lipinski definition) is 0. The van der Waals surface area contributed by atoms with E-state index in [4.69, 9.17) is 14.4 Å². The number of hydrogen-bond acceptors (Lipinski definition) is 4. The molecule has 6 aromatic carbocycles. The highest BCUT2D eigenvalue weighted by Gasteiger charge is 2.17. The third kappa shape index (κ3) is 3.11. The lowest BCUT2D eigenvalue weighted by Crippen LogP contribution is -1.95. The zero-order valence-corrected chi connectivity index (χ0v) is 22.1. The van der Waals surface area contributed by atoms with Crippen LogP contribution in [0, 0.1) is 0 Å². The fourth-order valence-electron chi connectivity index (χ4n) is 6.02. The van der Waals surface area contributed by atoms with E-state index in [1.165, 1.54) is 30.9 Å². The number of para-hydroxylation sites is 2. The molecule has 0 aliphatic heterocycles. The van der Waals surface area contributed by atoms with Gasteiger partial charge >= 0.3 is 0 Å². The summed E-state index contributed by atoms with van der Waals surface area (Å²) < 4.78 is 8.81. The minimum Gasteiger partial charge on any atom is -0.456 e. The molecule has 0 aliphatic rings. The van der Waals surface area contributed by atoms with Gasteiger partial charge in [-0.1, -0.05) is 91.0 Å². The highest BCUT2D eigenvalue weighted by atomic mass is 32.1. The molecule has 0 saturated carbocycles. The number of aromatic nitrogens is 2. The third-order valence-corrected chi connectivity index (χ3v) is 9.12. The first-order valence-electron chi connectivity index (χ1n) is 13.3. The molecule has 0 saturated heterocycles. The van der Waals surface area contributed by atoms with Gasteiger partial charge in [-0.15, -0.1) is 11.3 Å². The fraction of sp³-hybridized carbons (Fsp3) is 0. The van der Waals surface area contributed by atoms with Gasteiger partial charge in [0, 0.05) is 52.8 Å². The van der Waals surface area contributed by atoms with Gasteiger partial charge in [-0.3, -0.25) is 0 Å². The Hall–Kier alpha value is -5.06. The molecule has 186 valence electrons. The van der Waals surface area contributed by atoms with Gasteiger partial charge in [-0.25, -0.2) is 9.97 Å². The van der Waals surface area contributed by atoms with Crippen molar-refractivity contribution in [2.45, 2.75) is 0 Å². The van der Waals surface area contributed by atoms with E-state index in [9.17, 15) is 0 Å². The van der Waals surface area contributed by atoms with E-state index in [1.807, 2.05) is 35.6 Å². The van der Waals surface area contributed by atoms with E-state index in [1.54, 1.807) is 0 Å². The van der Waals surface area contributed by atoms with Crippen LogP contribution in [-0.4, -0.2) is 9.97 Å². The first kappa shape index (κ1) is 21.8. The van der Waals surface area contributed by atoms with Crippen LogP contribution in [-0.2, 0) is 0 Å². The molecule has 40 heavy (non-hydrogen) atoms. The molecule has 0 N–H and O–H groups in total. The van der Waals surface area contributed by atoms with Crippen LogP contribution in [0.2, 0.25) is 0 Å². The fourth-order valence-corrected chi connectivity index (χ4v) is 7.25. The Balaban J connectivity index is 1.30. The highest BCUT2D eigenvalue weighted by molar-refractivity contribution is 7.26. The monoisotopic (exact) mass is 528 g/mol. The van der Waals surface area contributed by atoms with Crippen LogP contribution in [0.25, 0.3) is 86.4 Å². The zero-order valence-electron chi connectivity index (χ0n) is 21.3. The number of furan rings is 1. The Labute approximate surface area is 233 Å². The number of fused-ring (bicyclic) bond motifs is 9. The second-order valence-electron chi connectivity index (χ2n) is 10.2. The predicted molar refractivity (Wildman–Crippen MR) is 168 cm³/mol. The van der Waals surface area contributed by atoms with E-state index < -0.39 is 0 Å². The summed E-state index contributed by atoms with van der Waals surface area (Å²) in [7, 11) is 0. The summed E-state index contributed by atoms with van der Waals surface area (Å²) in [6.07, 6.45) is 0. The van der Waals surface area contributed by atoms with Gasteiger partial charge in [-0.05, 0) is 35.7 Å². The number of benzene rings is 6. The van der Waals surface area contributed by atoms with Gasteiger partial charge in [0.25, 0.3) is 0 Å². The van der Waals surface area contributed by atoms with Gasteiger partial charge in [-0.2, -0.15) is 0 Å². The first-order valence-corrected chi connectivity index (χ1v) is 14.2. The number of thiophene rings is 1. The second kappa shape index (κ2) is 8.22.